The Morgan fingerprint density at radius 3 is 2.10 bits per heavy atom. The van der Waals surface area contributed by atoms with Crippen molar-refractivity contribution in [2.75, 3.05) is 14.2 Å². The molecule has 0 aliphatic heterocycles. The van der Waals surface area contributed by atoms with E-state index in [-0.39, 0.29) is 5.60 Å². The van der Waals surface area contributed by atoms with E-state index in [1.807, 2.05) is 7.05 Å². The predicted molar refractivity (Wildman–Crippen MR) is 44.2 cm³/mol. The minimum absolute atomic E-state index is 0.0521. The number of hydrogen-bond acceptors (Lipinski definition) is 2. The topological polar surface area (TPSA) is 21.3 Å². The van der Waals surface area contributed by atoms with Crippen LogP contribution in [0.4, 0.5) is 0 Å². The average Bonchev–Trinajstić information content (AvgIpc) is 1.90. The maximum absolute atomic E-state index is 5.32. The normalized spacial score (nSPS) is 15.3. The van der Waals surface area contributed by atoms with Gasteiger partial charge in [0, 0.05) is 13.2 Å². The highest BCUT2D eigenvalue weighted by molar-refractivity contribution is 4.82. The molecule has 0 saturated carbocycles. The number of rotatable bonds is 4. The van der Waals surface area contributed by atoms with Crippen LogP contribution in [0.1, 0.15) is 27.2 Å². The van der Waals surface area contributed by atoms with Gasteiger partial charge in [-0.2, -0.15) is 0 Å². The Kier molecular flexibility index (Phi) is 3.91. The molecule has 0 aromatic carbocycles. The van der Waals surface area contributed by atoms with Gasteiger partial charge in [-0.1, -0.05) is 6.92 Å². The third-order valence-electron chi connectivity index (χ3n) is 2.12. The van der Waals surface area contributed by atoms with E-state index in [0.29, 0.717) is 6.04 Å². The van der Waals surface area contributed by atoms with Crippen LogP contribution in [0.15, 0.2) is 0 Å². The van der Waals surface area contributed by atoms with E-state index >= 15 is 0 Å². The predicted octanol–water partition coefficient (Wildman–Crippen LogP) is 1.41. The van der Waals surface area contributed by atoms with Crippen molar-refractivity contribution in [1.82, 2.24) is 5.32 Å². The number of hydrogen-bond donors (Lipinski definition) is 1. The fourth-order valence-electron chi connectivity index (χ4n) is 1.19. The zero-order chi connectivity index (χ0) is 8.20. The van der Waals surface area contributed by atoms with E-state index in [9.17, 15) is 0 Å². The van der Waals surface area contributed by atoms with Crippen molar-refractivity contribution >= 4 is 0 Å². The van der Waals surface area contributed by atoms with Gasteiger partial charge in [0.2, 0.25) is 0 Å². The molecule has 1 unspecified atom stereocenters. The van der Waals surface area contributed by atoms with Gasteiger partial charge in [0.15, 0.2) is 0 Å². The van der Waals surface area contributed by atoms with Crippen LogP contribution in [0.25, 0.3) is 0 Å². The number of nitrogens with one attached hydrogen (secondary N) is 1. The van der Waals surface area contributed by atoms with Crippen LogP contribution >= 0.6 is 0 Å². The second kappa shape index (κ2) is 3.94. The third kappa shape index (κ3) is 2.27. The van der Waals surface area contributed by atoms with Crippen molar-refractivity contribution in [3.63, 3.8) is 0 Å². The minimum Gasteiger partial charge on any atom is -0.377 e. The largest absolute Gasteiger partial charge is 0.377 e. The van der Waals surface area contributed by atoms with E-state index in [2.05, 4.69) is 26.1 Å². The lowest BCUT2D eigenvalue weighted by molar-refractivity contribution is -0.00905. The van der Waals surface area contributed by atoms with Crippen molar-refractivity contribution < 1.29 is 4.74 Å². The second-order valence-corrected chi connectivity index (χ2v) is 3.06. The molecular weight excluding hydrogens is 126 g/mol. The Morgan fingerprint density at radius 1 is 1.50 bits per heavy atom. The first-order chi connectivity index (χ1) is 4.58. The lowest BCUT2D eigenvalue weighted by Crippen LogP contribution is -2.46. The summed E-state index contributed by atoms with van der Waals surface area (Å²) in [6, 6.07) is 0.442. The molecule has 0 radical (unpaired) electrons. The van der Waals surface area contributed by atoms with E-state index < -0.39 is 0 Å². The molecular formula is C8H19NO. The first-order valence-corrected chi connectivity index (χ1v) is 3.81. The Bertz CT molecular complexity index is 87.3. The van der Waals surface area contributed by atoms with Crippen LogP contribution in [0.5, 0.6) is 0 Å². The van der Waals surface area contributed by atoms with Crippen molar-refractivity contribution in [2.45, 2.75) is 38.8 Å². The van der Waals surface area contributed by atoms with Crippen LogP contribution in [0.3, 0.4) is 0 Å². The standard InChI is InChI=1S/C8H19NO/c1-6-7(9-4)8(2,3)10-5/h7,9H,6H2,1-5H3. The first kappa shape index (κ1) is 9.92. The highest BCUT2D eigenvalue weighted by Gasteiger charge is 2.25. The van der Waals surface area contributed by atoms with Crippen LogP contribution in [0, 0.1) is 0 Å². The summed E-state index contributed by atoms with van der Waals surface area (Å²) >= 11 is 0. The molecule has 0 spiro atoms. The first-order valence-electron chi connectivity index (χ1n) is 3.81. The fraction of sp³-hybridized carbons (Fsp3) is 1.00. The second-order valence-electron chi connectivity index (χ2n) is 3.06. The minimum atomic E-state index is -0.0521. The molecule has 62 valence electrons. The zero-order valence-electron chi connectivity index (χ0n) is 7.69. The van der Waals surface area contributed by atoms with Gasteiger partial charge in [-0.05, 0) is 27.3 Å². The lowest BCUT2D eigenvalue weighted by atomic mass is 9.97. The Hall–Kier alpha value is -0.0800. The van der Waals surface area contributed by atoms with Gasteiger partial charge >= 0.3 is 0 Å². The summed E-state index contributed by atoms with van der Waals surface area (Å²) in [4.78, 5) is 0. The highest BCUT2D eigenvalue weighted by Crippen LogP contribution is 2.15. The smallest absolute Gasteiger partial charge is 0.0774 e. The van der Waals surface area contributed by atoms with Crippen LogP contribution < -0.4 is 5.32 Å². The van der Waals surface area contributed by atoms with Gasteiger partial charge in [0.25, 0.3) is 0 Å². The fourth-order valence-corrected chi connectivity index (χ4v) is 1.19. The zero-order valence-corrected chi connectivity index (χ0v) is 7.69. The van der Waals surface area contributed by atoms with Crippen molar-refractivity contribution in [3.05, 3.63) is 0 Å². The van der Waals surface area contributed by atoms with Gasteiger partial charge in [-0.25, -0.2) is 0 Å². The number of likely N-dealkylation sites (N-methyl/N-ethyl adjacent to an activating group) is 1. The molecule has 0 aromatic heterocycles. The number of ether oxygens (including phenoxy) is 1. The highest BCUT2D eigenvalue weighted by atomic mass is 16.5. The summed E-state index contributed by atoms with van der Waals surface area (Å²) in [6.07, 6.45) is 1.09. The molecule has 2 nitrogen and oxygen atoms in total. The summed E-state index contributed by atoms with van der Waals surface area (Å²) in [7, 11) is 3.72. The van der Waals surface area contributed by atoms with Crippen LogP contribution in [-0.4, -0.2) is 25.8 Å². The monoisotopic (exact) mass is 145 g/mol. The molecule has 1 N–H and O–H groups in total. The van der Waals surface area contributed by atoms with E-state index in [0.717, 1.165) is 6.42 Å². The molecule has 0 amide bonds. The Morgan fingerprint density at radius 2 is 2.00 bits per heavy atom. The molecule has 2 heteroatoms. The van der Waals surface area contributed by atoms with E-state index in [4.69, 9.17) is 4.74 Å². The molecule has 0 aromatic rings. The molecule has 0 rings (SSSR count). The quantitative estimate of drug-likeness (QED) is 0.646. The molecule has 0 heterocycles. The van der Waals surface area contributed by atoms with Crippen molar-refractivity contribution in [3.8, 4) is 0 Å². The van der Waals surface area contributed by atoms with E-state index in [1.54, 1.807) is 7.11 Å². The van der Waals surface area contributed by atoms with Crippen molar-refractivity contribution in [1.29, 1.82) is 0 Å². The summed E-state index contributed by atoms with van der Waals surface area (Å²) in [5.74, 6) is 0. The number of methoxy groups -OCH3 is 1. The Labute approximate surface area is 64.0 Å². The summed E-state index contributed by atoms with van der Waals surface area (Å²) in [5, 5.41) is 3.22. The maximum Gasteiger partial charge on any atom is 0.0774 e. The van der Waals surface area contributed by atoms with Gasteiger partial charge in [-0.15, -0.1) is 0 Å². The SMILES string of the molecule is CCC(NC)C(C)(C)OC. The molecule has 0 bridgehead atoms. The Balaban J connectivity index is 3.97. The van der Waals surface area contributed by atoms with Crippen LogP contribution in [-0.2, 0) is 4.74 Å². The summed E-state index contributed by atoms with van der Waals surface area (Å²) in [6.45, 7) is 6.34. The summed E-state index contributed by atoms with van der Waals surface area (Å²) < 4.78 is 5.32. The van der Waals surface area contributed by atoms with Gasteiger partial charge in [0.1, 0.15) is 0 Å². The summed E-state index contributed by atoms with van der Waals surface area (Å²) in [5.41, 5.74) is -0.0521. The van der Waals surface area contributed by atoms with Crippen molar-refractivity contribution in [2.24, 2.45) is 0 Å². The molecule has 1 atom stereocenters. The molecule has 0 aliphatic carbocycles. The van der Waals surface area contributed by atoms with Gasteiger partial charge in [-0.3, -0.25) is 0 Å². The van der Waals surface area contributed by atoms with Crippen LogP contribution in [0.2, 0.25) is 0 Å². The average molecular weight is 145 g/mol. The van der Waals surface area contributed by atoms with E-state index in [1.165, 1.54) is 0 Å². The van der Waals surface area contributed by atoms with Gasteiger partial charge < -0.3 is 10.1 Å². The molecule has 0 fully saturated rings. The molecule has 10 heavy (non-hydrogen) atoms. The van der Waals surface area contributed by atoms with Gasteiger partial charge in [0.05, 0.1) is 5.60 Å². The third-order valence-corrected chi connectivity index (χ3v) is 2.12. The molecule has 0 aliphatic rings. The molecule has 0 saturated heterocycles. The maximum atomic E-state index is 5.32. The lowest BCUT2D eigenvalue weighted by Gasteiger charge is -2.31.